The van der Waals surface area contributed by atoms with Crippen LogP contribution >= 0.6 is 0 Å². The number of hydrogen-bond acceptors (Lipinski definition) is 2. The number of alkyl halides is 1. The fourth-order valence-corrected chi connectivity index (χ4v) is 1.45. The smallest absolute Gasteiger partial charge is 0.102 e. The van der Waals surface area contributed by atoms with Crippen LogP contribution in [0.25, 0.3) is 0 Å². The van der Waals surface area contributed by atoms with E-state index >= 15 is 0 Å². The van der Waals surface area contributed by atoms with Gasteiger partial charge in [-0.2, -0.15) is 0 Å². The number of hydrogen-bond donors (Lipinski definition) is 1. The monoisotopic (exact) mass is 174 g/mol. The predicted molar refractivity (Wildman–Crippen MR) is 49.1 cm³/mol. The summed E-state index contributed by atoms with van der Waals surface area (Å²) in [6.07, 6.45) is 2.72. The SMILES string of the molecule is CCN(CCNCCF)C1CC1. The average molecular weight is 174 g/mol. The van der Waals surface area contributed by atoms with Gasteiger partial charge in [-0.3, -0.25) is 4.90 Å². The number of likely N-dealkylation sites (N-methyl/N-ethyl adjacent to an activating group) is 1. The maximum absolute atomic E-state index is 11.7. The molecule has 1 aliphatic rings. The molecular formula is C9H19FN2. The highest BCUT2D eigenvalue weighted by molar-refractivity contribution is 4.83. The lowest BCUT2D eigenvalue weighted by molar-refractivity contribution is 0.275. The molecule has 72 valence electrons. The molecule has 0 radical (unpaired) electrons. The van der Waals surface area contributed by atoms with Crippen LogP contribution in [0.4, 0.5) is 4.39 Å². The van der Waals surface area contributed by atoms with Gasteiger partial charge in [0.05, 0.1) is 0 Å². The molecule has 1 fully saturated rings. The van der Waals surface area contributed by atoms with Gasteiger partial charge in [0.25, 0.3) is 0 Å². The quantitative estimate of drug-likeness (QED) is 0.580. The van der Waals surface area contributed by atoms with Crippen molar-refractivity contribution < 1.29 is 4.39 Å². The number of nitrogens with one attached hydrogen (secondary N) is 1. The Kier molecular flexibility index (Phi) is 4.54. The summed E-state index contributed by atoms with van der Waals surface area (Å²) in [6.45, 7) is 5.56. The van der Waals surface area contributed by atoms with Gasteiger partial charge in [0.15, 0.2) is 0 Å². The molecule has 0 saturated heterocycles. The largest absolute Gasteiger partial charge is 0.313 e. The maximum Gasteiger partial charge on any atom is 0.102 e. The van der Waals surface area contributed by atoms with Gasteiger partial charge in [-0.05, 0) is 19.4 Å². The van der Waals surface area contributed by atoms with Gasteiger partial charge in [-0.1, -0.05) is 6.92 Å². The average Bonchev–Trinajstić information content (AvgIpc) is 2.88. The summed E-state index contributed by atoms with van der Waals surface area (Å²) >= 11 is 0. The van der Waals surface area contributed by atoms with Crippen molar-refractivity contribution in [2.24, 2.45) is 0 Å². The van der Waals surface area contributed by atoms with Crippen molar-refractivity contribution in [2.45, 2.75) is 25.8 Å². The van der Waals surface area contributed by atoms with Crippen LogP contribution < -0.4 is 5.32 Å². The summed E-state index contributed by atoms with van der Waals surface area (Å²) in [6, 6.07) is 0.835. The van der Waals surface area contributed by atoms with Crippen LogP contribution in [0.1, 0.15) is 19.8 Å². The van der Waals surface area contributed by atoms with E-state index in [-0.39, 0.29) is 6.67 Å². The highest BCUT2D eigenvalue weighted by Gasteiger charge is 2.26. The van der Waals surface area contributed by atoms with Crippen molar-refractivity contribution in [3.8, 4) is 0 Å². The zero-order valence-electron chi connectivity index (χ0n) is 7.85. The van der Waals surface area contributed by atoms with Crippen LogP contribution in [0, 0.1) is 0 Å². The topological polar surface area (TPSA) is 15.3 Å². The van der Waals surface area contributed by atoms with Gasteiger partial charge in [-0.15, -0.1) is 0 Å². The minimum absolute atomic E-state index is 0.254. The molecule has 1 saturated carbocycles. The highest BCUT2D eigenvalue weighted by Crippen LogP contribution is 2.25. The van der Waals surface area contributed by atoms with E-state index in [4.69, 9.17) is 0 Å². The second-order valence-electron chi connectivity index (χ2n) is 3.30. The molecule has 1 rings (SSSR count). The lowest BCUT2D eigenvalue weighted by atomic mass is 10.4. The van der Waals surface area contributed by atoms with Crippen molar-refractivity contribution >= 4 is 0 Å². The minimum atomic E-state index is -0.254. The number of nitrogens with zero attached hydrogens (tertiary/aromatic N) is 1. The first-order chi connectivity index (χ1) is 5.88. The highest BCUT2D eigenvalue weighted by atomic mass is 19.1. The Hall–Kier alpha value is -0.150. The number of halogens is 1. The lowest BCUT2D eigenvalue weighted by Crippen LogP contribution is -2.34. The van der Waals surface area contributed by atoms with E-state index in [2.05, 4.69) is 17.1 Å². The Morgan fingerprint density at radius 3 is 2.67 bits per heavy atom. The molecular weight excluding hydrogens is 155 g/mol. The molecule has 0 atom stereocenters. The third-order valence-corrected chi connectivity index (χ3v) is 2.32. The first-order valence-electron chi connectivity index (χ1n) is 4.89. The van der Waals surface area contributed by atoms with Gasteiger partial charge >= 0.3 is 0 Å². The van der Waals surface area contributed by atoms with Crippen LogP contribution in [0.3, 0.4) is 0 Å². The lowest BCUT2D eigenvalue weighted by Gasteiger charge is -2.19. The molecule has 0 aromatic heterocycles. The molecule has 12 heavy (non-hydrogen) atoms. The molecule has 0 bridgehead atoms. The summed E-state index contributed by atoms with van der Waals surface area (Å²) in [5.74, 6) is 0. The van der Waals surface area contributed by atoms with Gasteiger partial charge in [-0.25, -0.2) is 4.39 Å². The molecule has 1 aliphatic carbocycles. The molecule has 0 spiro atoms. The summed E-state index contributed by atoms with van der Waals surface area (Å²) in [5.41, 5.74) is 0. The van der Waals surface area contributed by atoms with Gasteiger partial charge < -0.3 is 5.32 Å². The Bertz CT molecular complexity index is 115. The summed E-state index contributed by atoms with van der Waals surface area (Å²) in [4.78, 5) is 2.46. The zero-order valence-corrected chi connectivity index (χ0v) is 7.85. The minimum Gasteiger partial charge on any atom is -0.313 e. The predicted octanol–water partition coefficient (Wildman–Crippen LogP) is 1.03. The molecule has 1 N–H and O–H groups in total. The molecule has 0 aromatic carbocycles. The van der Waals surface area contributed by atoms with Crippen molar-refractivity contribution in [1.29, 1.82) is 0 Å². The van der Waals surface area contributed by atoms with Crippen molar-refractivity contribution in [3.63, 3.8) is 0 Å². The standard InChI is InChI=1S/C9H19FN2/c1-2-12(9-3-4-9)8-7-11-6-5-10/h9,11H,2-8H2,1H3. The fourth-order valence-electron chi connectivity index (χ4n) is 1.45. The van der Waals surface area contributed by atoms with Crippen LogP contribution in [0.15, 0.2) is 0 Å². The van der Waals surface area contributed by atoms with E-state index in [1.807, 2.05) is 0 Å². The second-order valence-corrected chi connectivity index (χ2v) is 3.30. The summed E-state index contributed by atoms with van der Waals surface area (Å²) in [7, 11) is 0. The second kappa shape index (κ2) is 5.49. The summed E-state index contributed by atoms with van der Waals surface area (Å²) in [5, 5.41) is 3.07. The van der Waals surface area contributed by atoms with E-state index in [0.717, 1.165) is 25.7 Å². The molecule has 0 aliphatic heterocycles. The Morgan fingerprint density at radius 1 is 1.42 bits per heavy atom. The third-order valence-electron chi connectivity index (χ3n) is 2.32. The van der Waals surface area contributed by atoms with Crippen LogP contribution in [-0.2, 0) is 0 Å². The Labute approximate surface area is 74.1 Å². The van der Waals surface area contributed by atoms with Crippen molar-refractivity contribution in [1.82, 2.24) is 10.2 Å². The van der Waals surface area contributed by atoms with Gasteiger partial charge in [0.2, 0.25) is 0 Å². The van der Waals surface area contributed by atoms with E-state index in [1.165, 1.54) is 12.8 Å². The van der Waals surface area contributed by atoms with Crippen LogP contribution in [-0.4, -0.2) is 43.8 Å². The molecule has 0 heterocycles. The molecule has 0 aromatic rings. The first kappa shape index (κ1) is 9.93. The Morgan fingerprint density at radius 2 is 2.17 bits per heavy atom. The normalized spacial score (nSPS) is 17.2. The fraction of sp³-hybridized carbons (Fsp3) is 1.00. The molecule has 3 heteroatoms. The first-order valence-corrected chi connectivity index (χ1v) is 4.89. The van der Waals surface area contributed by atoms with Crippen molar-refractivity contribution in [3.05, 3.63) is 0 Å². The van der Waals surface area contributed by atoms with E-state index in [9.17, 15) is 4.39 Å². The molecule has 0 unspecified atom stereocenters. The maximum atomic E-state index is 11.7. The number of rotatable bonds is 7. The van der Waals surface area contributed by atoms with E-state index in [0.29, 0.717) is 6.54 Å². The van der Waals surface area contributed by atoms with E-state index < -0.39 is 0 Å². The third kappa shape index (κ3) is 3.50. The Balaban J connectivity index is 1.95. The van der Waals surface area contributed by atoms with E-state index in [1.54, 1.807) is 0 Å². The molecule has 2 nitrogen and oxygen atoms in total. The van der Waals surface area contributed by atoms with Crippen LogP contribution in [0.2, 0.25) is 0 Å². The van der Waals surface area contributed by atoms with Gasteiger partial charge in [0.1, 0.15) is 6.67 Å². The zero-order chi connectivity index (χ0) is 8.81. The van der Waals surface area contributed by atoms with Crippen LogP contribution in [0.5, 0.6) is 0 Å². The molecule has 0 amide bonds. The summed E-state index contributed by atoms with van der Waals surface area (Å²) < 4.78 is 11.7. The van der Waals surface area contributed by atoms with Crippen molar-refractivity contribution in [2.75, 3.05) is 32.9 Å². The van der Waals surface area contributed by atoms with Gasteiger partial charge in [0, 0.05) is 25.7 Å².